The maximum atomic E-state index is 13.7. The summed E-state index contributed by atoms with van der Waals surface area (Å²) < 4.78 is 60.5. The second-order valence-electron chi connectivity index (χ2n) is 8.09. The van der Waals surface area contributed by atoms with Crippen molar-refractivity contribution in [1.82, 2.24) is 25.1 Å². The number of nitrogens with zero attached hydrogens (tertiary/aromatic N) is 4. The minimum atomic E-state index is -4.71. The molecule has 36 heavy (non-hydrogen) atoms. The molecule has 0 spiro atoms. The summed E-state index contributed by atoms with van der Waals surface area (Å²) in [6, 6.07) is 9.47. The van der Waals surface area contributed by atoms with Gasteiger partial charge in [0.25, 0.3) is 0 Å². The lowest BCUT2D eigenvalue weighted by Crippen LogP contribution is -2.42. The molecule has 0 unspecified atom stereocenters. The zero-order chi connectivity index (χ0) is 25.9. The van der Waals surface area contributed by atoms with E-state index in [0.717, 1.165) is 4.68 Å². The number of methoxy groups -OCH3 is 1. The SMILES string of the molecule is COCCN1C[C@@H](NC(=O)Nc2c(C)c(C(F)(F)F)nn2-c2ccccc2)[C@H](c2ccnc(F)c2)O1. The van der Waals surface area contributed by atoms with Crippen LogP contribution >= 0.6 is 0 Å². The number of aromatic nitrogens is 3. The Morgan fingerprint density at radius 3 is 2.67 bits per heavy atom. The molecule has 2 N–H and O–H groups in total. The van der Waals surface area contributed by atoms with Gasteiger partial charge in [-0.3, -0.25) is 10.2 Å². The van der Waals surface area contributed by atoms with Crippen LogP contribution in [0.2, 0.25) is 0 Å². The van der Waals surface area contributed by atoms with Gasteiger partial charge >= 0.3 is 12.2 Å². The number of halogens is 4. The highest BCUT2D eigenvalue weighted by Crippen LogP contribution is 2.35. The van der Waals surface area contributed by atoms with Gasteiger partial charge in [0, 0.05) is 32.0 Å². The number of anilines is 1. The highest BCUT2D eigenvalue weighted by atomic mass is 19.4. The molecule has 0 radical (unpaired) electrons. The van der Waals surface area contributed by atoms with Gasteiger partial charge < -0.3 is 10.1 Å². The molecule has 1 aliphatic rings. The maximum Gasteiger partial charge on any atom is 0.435 e. The van der Waals surface area contributed by atoms with Crippen LogP contribution in [0.25, 0.3) is 5.69 Å². The van der Waals surface area contributed by atoms with Crippen molar-refractivity contribution >= 4 is 11.8 Å². The fraction of sp³-hybridized carbons (Fsp3) is 0.348. The Balaban J connectivity index is 1.59. The van der Waals surface area contributed by atoms with Gasteiger partial charge in [0.2, 0.25) is 5.95 Å². The molecule has 0 aliphatic carbocycles. The number of nitrogens with one attached hydrogen (secondary N) is 2. The lowest BCUT2D eigenvalue weighted by atomic mass is 10.0. The Morgan fingerprint density at radius 1 is 1.25 bits per heavy atom. The first-order valence-electron chi connectivity index (χ1n) is 11.0. The van der Waals surface area contributed by atoms with E-state index in [4.69, 9.17) is 9.57 Å². The molecule has 0 bridgehead atoms. The van der Waals surface area contributed by atoms with Gasteiger partial charge in [-0.05, 0) is 36.8 Å². The van der Waals surface area contributed by atoms with Crippen molar-refractivity contribution in [2.75, 3.05) is 32.1 Å². The van der Waals surface area contributed by atoms with Gasteiger partial charge in [0.05, 0.1) is 18.3 Å². The van der Waals surface area contributed by atoms with Gasteiger partial charge in [-0.25, -0.2) is 14.5 Å². The maximum absolute atomic E-state index is 13.7. The summed E-state index contributed by atoms with van der Waals surface area (Å²) >= 11 is 0. The molecule has 2 aromatic heterocycles. The van der Waals surface area contributed by atoms with E-state index in [1.54, 1.807) is 41.5 Å². The van der Waals surface area contributed by atoms with Crippen LogP contribution in [-0.4, -0.2) is 58.7 Å². The van der Waals surface area contributed by atoms with Gasteiger partial charge in [-0.2, -0.15) is 27.7 Å². The van der Waals surface area contributed by atoms with Crippen molar-refractivity contribution in [3.63, 3.8) is 0 Å². The van der Waals surface area contributed by atoms with E-state index in [0.29, 0.717) is 24.4 Å². The fourth-order valence-electron chi connectivity index (χ4n) is 3.92. The van der Waals surface area contributed by atoms with Crippen LogP contribution in [-0.2, 0) is 15.8 Å². The first kappa shape index (κ1) is 25.5. The average molecular weight is 508 g/mol. The summed E-state index contributed by atoms with van der Waals surface area (Å²) in [5.74, 6) is -0.843. The van der Waals surface area contributed by atoms with E-state index in [1.165, 1.54) is 26.3 Å². The lowest BCUT2D eigenvalue weighted by Gasteiger charge is -2.19. The van der Waals surface area contributed by atoms with Gasteiger partial charge in [0.1, 0.15) is 11.9 Å². The first-order valence-corrected chi connectivity index (χ1v) is 11.0. The number of alkyl halides is 3. The highest BCUT2D eigenvalue weighted by Gasteiger charge is 2.39. The summed E-state index contributed by atoms with van der Waals surface area (Å²) in [4.78, 5) is 22.4. The van der Waals surface area contributed by atoms with Crippen molar-refractivity contribution in [3.05, 3.63) is 71.4 Å². The number of carbonyl (C=O) groups excluding carboxylic acids is 1. The Labute approximate surface area is 204 Å². The molecule has 2 amide bonds. The largest absolute Gasteiger partial charge is 0.435 e. The molecule has 2 atom stereocenters. The van der Waals surface area contributed by atoms with Crippen LogP contribution in [0.3, 0.4) is 0 Å². The smallest absolute Gasteiger partial charge is 0.383 e. The minimum Gasteiger partial charge on any atom is -0.383 e. The number of carbonyl (C=O) groups is 1. The number of para-hydroxylation sites is 1. The van der Waals surface area contributed by atoms with Crippen LogP contribution in [0.4, 0.5) is 28.2 Å². The normalized spacial score (nSPS) is 18.4. The Kier molecular flexibility index (Phi) is 7.52. The number of hydrogen-bond acceptors (Lipinski definition) is 6. The number of pyridine rings is 1. The summed E-state index contributed by atoms with van der Waals surface area (Å²) in [5, 5.41) is 10.5. The van der Waals surface area contributed by atoms with Crippen LogP contribution in [0.5, 0.6) is 0 Å². The summed E-state index contributed by atoms with van der Waals surface area (Å²) in [6.45, 7) is 2.20. The van der Waals surface area contributed by atoms with E-state index in [9.17, 15) is 22.4 Å². The van der Waals surface area contributed by atoms with Gasteiger partial charge in [-0.1, -0.05) is 18.2 Å². The fourth-order valence-corrected chi connectivity index (χ4v) is 3.92. The third-order valence-electron chi connectivity index (χ3n) is 5.59. The number of ether oxygens (including phenoxy) is 1. The van der Waals surface area contributed by atoms with Crippen molar-refractivity contribution in [1.29, 1.82) is 0 Å². The standard InChI is InChI=1S/C23H24F4N6O3/c1-14-20(23(25,26)27)31-33(16-6-4-3-5-7-16)21(14)30-22(34)29-17-13-32(10-11-35-2)36-19(17)15-8-9-28-18(24)12-15/h3-9,12,17,19H,10-11,13H2,1-2H3,(H2,29,30,34)/t17-,19+/m1/s1. The molecular weight excluding hydrogens is 484 g/mol. The molecule has 13 heteroatoms. The molecule has 9 nitrogen and oxygen atoms in total. The minimum absolute atomic E-state index is 0.132. The molecule has 4 rings (SSSR count). The topological polar surface area (TPSA) is 93.5 Å². The van der Waals surface area contributed by atoms with Gasteiger partial charge in [0.15, 0.2) is 5.69 Å². The van der Waals surface area contributed by atoms with Crippen LogP contribution in [0, 0.1) is 12.9 Å². The predicted molar refractivity (Wildman–Crippen MR) is 121 cm³/mol. The molecule has 1 saturated heterocycles. The van der Waals surface area contributed by atoms with Gasteiger partial charge in [-0.15, -0.1) is 0 Å². The summed E-state index contributed by atoms with van der Waals surface area (Å²) in [5.41, 5.74) is -0.565. The summed E-state index contributed by atoms with van der Waals surface area (Å²) in [7, 11) is 1.53. The second kappa shape index (κ2) is 10.6. The average Bonchev–Trinajstić information content (AvgIpc) is 3.39. The molecule has 3 heterocycles. The number of hydroxylamine groups is 2. The first-order chi connectivity index (χ1) is 17.2. The second-order valence-corrected chi connectivity index (χ2v) is 8.09. The number of urea groups is 1. The Morgan fingerprint density at radius 2 is 2.00 bits per heavy atom. The number of rotatable bonds is 7. The monoisotopic (exact) mass is 508 g/mol. The summed E-state index contributed by atoms with van der Waals surface area (Å²) in [6.07, 6.45) is -4.19. The zero-order valence-electron chi connectivity index (χ0n) is 19.4. The van der Waals surface area contributed by atoms with E-state index in [1.807, 2.05) is 0 Å². The van der Waals surface area contributed by atoms with Crippen LogP contribution < -0.4 is 10.6 Å². The molecular formula is C23H24F4N6O3. The predicted octanol–water partition coefficient (Wildman–Crippen LogP) is 3.86. The van der Waals surface area contributed by atoms with Crippen molar-refractivity contribution in [3.8, 4) is 5.69 Å². The number of hydrogen-bond donors (Lipinski definition) is 2. The van der Waals surface area contributed by atoms with Crippen molar-refractivity contribution in [2.45, 2.75) is 25.2 Å². The van der Waals surface area contributed by atoms with Crippen molar-refractivity contribution < 1.29 is 31.9 Å². The molecule has 0 saturated carbocycles. The molecule has 1 aliphatic heterocycles. The zero-order valence-corrected chi connectivity index (χ0v) is 19.4. The lowest BCUT2D eigenvalue weighted by molar-refractivity contribution is -0.154. The van der Waals surface area contributed by atoms with Crippen LogP contribution in [0.1, 0.15) is 22.9 Å². The molecule has 192 valence electrons. The highest BCUT2D eigenvalue weighted by molar-refractivity contribution is 5.90. The van der Waals surface area contributed by atoms with Crippen LogP contribution in [0.15, 0.2) is 48.7 Å². The Hall–Kier alpha value is -3.55. The quantitative estimate of drug-likeness (QED) is 0.372. The molecule has 3 aromatic rings. The van der Waals surface area contributed by atoms with E-state index in [2.05, 4.69) is 20.7 Å². The third-order valence-corrected chi connectivity index (χ3v) is 5.59. The van der Waals surface area contributed by atoms with Crippen molar-refractivity contribution in [2.24, 2.45) is 0 Å². The van der Waals surface area contributed by atoms with E-state index < -0.39 is 36.0 Å². The van der Waals surface area contributed by atoms with E-state index >= 15 is 0 Å². The number of benzene rings is 1. The Bertz CT molecular complexity index is 1200. The molecule has 1 fully saturated rings. The van der Waals surface area contributed by atoms with E-state index in [-0.39, 0.29) is 17.9 Å². The number of amides is 2. The molecule has 1 aromatic carbocycles. The third kappa shape index (κ3) is 5.64.